The van der Waals surface area contributed by atoms with Gasteiger partial charge in [0.05, 0.1) is 11.6 Å². The number of aliphatic hydroxyl groups is 1. The molecule has 19 heavy (non-hydrogen) atoms. The minimum atomic E-state index is -0.141. The Labute approximate surface area is 121 Å². The Hall–Kier alpha value is -1.36. The molecule has 0 aliphatic heterocycles. The van der Waals surface area contributed by atoms with Crippen LogP contribution in [-0.2, 0) is 6.54 Å². The van der Waals surface area contributed by atoms with Crippen LogP contribution in [0.4, 0.5) is 0 Å². The smallest absolute Gasteiger partial charge is 0.265 e. The molecule has 0 aliphatic carbocycles. The second-order valence-electron chi connectivity index (χ2n) is 4.03. The van der Waals surface area contributed by atoms with E-state index in [2.05, 4.69) is 0 Å². The molecule has 1 heterocycles. The van der Waals surface area contributed by atoms with E-state index in [1.165, 1.54) is 11.3 Å². The molecule has 1 amide bonds. The lowest BCUT2D eigenvalue weighted by Crippen LogP contribution is -2.32. The number of benzene rings is 1. The van der Waals surface area contributed by atoms with Gasteiger partial charge in [-0.1, -0.05) is 41.9 Å². The summed E-state index contributed by atoms with van der Waals surface area (Å²) in [4.78, 5) is 14.5. The van der Waals surface area contributed by atoms with E-state index in [-0.39, 0.29) is 12.5 Å². The molecule has 0 aliphatic rings. The van der Waals surface area contributed by atoms with E-state index >= 15 is 0 Å². The van der Waals surface area contributed by atoms with Crippen molar-refractivity contribution in [3.05, 3.63) is 57.2 Å². The van der Waals surface area contributed by atoms with Crippen LogP contribution in [0.3, 0.4) is 0 Å². The van der Waals surface area contributed by atoms with Crippen LogP contribution in [0.2, 0.25) is 5.02 Å². The Morgan fingerprint density at radius 2 is 2.00 bits per heavy atom. The zero-order valence-electron chi connectivity index (χ0n) is 10.3. The van der Waals surface area contributed by atoms with Crippen molar-refractivity contribution in [2.45, 2.75) is 6.54 Å². The Kier molecular flexibility index (Phi) is 4.96. The predicted molar refractivity (Wildman–Crippen MR) is 77.6 cm³/mol. The third-order valence-electron chi connectivity index (χ3n) is 2.68. The van der Waals surface area contributed by atoms with Crippen molar-refractivity contribution < 1.29 is 9.90 Å². The molecule has 1 N–H and O–H groups in total. The summed E-state index contributed by atoms with van der Waals surface area (Å²) in [7, 11) is 0. The minimum absolute atomic E-state index is 0.0679. The Morgan fingerprint density at radius 3 is 2.58 bits per heavy atom. The van der Waals surface area contributed by atoms with E-state index in [9.17, 15) is 4.79 Å². The zero-order valence-corrected chi connectivity index (χ0v) is 11.8. The molecule has 0 saturated carbocycles. The summed E-state index contributed by atoms with van der Waals surface area (Å²) in [5.41, 5.74) is 1.02. The monoisotopic (exact) mass is 295 g/mol. The van der Waals surface area contributed by atoms with Crippen LogP contribution < -0.4 is 0 Å². The maximum absolute atomic E-state index is 12.4. The standard InChI is InChI=1S/C14H14ClNO2S/c15-12-6-9-19-13(12)14(18)16(7-8-17)10-11-4-2-1-3-5-11/h1-6,9,17H,7-8,10H2. The van der Waals surface area contributed by atoms with Crippen molar-refractivity contribution in [2.75, 3.05) is 13.2 Å². The fourth-order valence-electron chi connectivity index (χ4n) is 1.77. The van der Waals surface area contributed by atoms with Gasteiger partial charge in [0, 0.05) is 13.1 Å². The van der Waals surface area contributed by atoms with Crippen LogP contribution in [-0.4, -0.2) is 29.1 Å². The summed E-state index contributed by atoms with van der Waals surface area (Å²) < 4.78 is 0. The van der Waals surface area contributed by atoms with Gasteiger partial charge in [-0.3, -0.25) is 4.79 Å². The van der Waals surface area contributed by atoms with Gasteiger partial charge in [-0.15, -0.1) is 11.3 Å². The van der Waals surface area contributed by atoms with Gasteiger partial charge in [0.2, 0.25) is 0 Å². The highest BCUT2D eigenvalue weighted by molar-refractivity contribution is 7.12. The predicted octanol–water partition coefficient (Wildman–Crippen LogP) is 3.04. The van der Waals surface area contributed by atoms with E-state index in [0.717, 1.165) is 5.56 Å². The van der Waals surface area contributed by atoms with Crippen molar-refractivity contribution in [3.8, 4) is 0 Å². The molecule has 2 rings (SSSR count). The fourth-order valence-corrected chi connectivity index (χ4v) is 2.87. The van der Waals surface area contributed by atoms with Crippen molar-refractivity contribution in [1.82, 2.24) is 4.90 Å². The van der Waals surface area contributed by atoms with Gasteiger partial charge in [-0.2, -0.15) is 0 Å². The number of thiophene rings is 1. The second kappa shape index (κ2) is 6.70. The average Bonchev–Trinajstić information content (AvgIpc) is 2.85. The van der Waals surface area contributed by atoms with Gasteiger partial charge in [0.15, 0.2) is 0 Å². The molecule has 0 fully saturated rings. The molecule has 0 radical (unpaired) electrons. The number of nitrogens with zero attached hydrogens (tertiary/aromatic N) is 1. The lowest BCUT2D eigenvalue weighted by molar-refractivity contribution is 0.0713. The number of hydrogen-bond donors (Lipinski definition) is 1. The Balaban J connectivity index is 2.16. The third kappa shape index (κ3) is 3.56. The van der Waals surface area contributed by atoms with E-state index in [0.29, 0.717) is 23.0 Å². The van der Waals surface area contributed by atoms with E-state index in [4.69, 9.17) is 16.7 Å². The summed E-state index contributed by atoms with van der Waals surface area (Å²) in [6.45, 7) is 0.692. The molecule has 3 nitrogen and oxygen atoms in total. The van der Waals surface area contributed by atoms with Crippen LogP contribution in [0.15, 0.2) is 41.8 Å². The topological polar surface area (TPSA) is 40.5 Å². The van der Waals surface area contributed by atoms with Gasteiger partial charge < -0.3 is 10.0 Å². The molecule has 100 valence electrons. The van der Waals surface area contributed by atoms with Gasteiger partial charge >= 0.3 is 0 Å². The highest BCUT2D eigenvalue weighted by atomic mass is 35.5. The number of carbonyl (C=O) groups is 1. The largest absolute Gasteiger partial charge is 0.395 e. The number of carbonyl (C=O) groups excluding carboxylic acids is 1. The van der Waals surface area contributed by atoms with Gasteiger partial charge in [-0.05, 0) is 17.0 Å². The summed E-state index contributed by atoms with van der Waals surface area (Å²) in [5.74, 6) is -0.141. The lowest BCUT2D eigenvalue weighted by Gasteiger charge is -2.21. The summed E-state index contributed by atoms with van der Waals surface area (Å²) >= 11 is 7.30. The number of aliphatic hydroxyl groups excluding tert-OH is 1. The van der Waals surface area contributed by atoms with Crippen LogP contribution in [0, 0.1) is 0 Å². The highest BCUT2D eigenvalue weighted by Gasteiger charge is 2.19. The van der Waals surface area contributed by atoms with Crippen LogP contribution in [0.1, 0.15) is 15.2 Å². The molecule has 5 heteroatoms. The maximum Gasteiger partial charge on any atom is 0.265 e. The average molecular weight is 296 g/mol. The Bertz CT molecular complexity index is 541. The van der Waals surface area contributed by atoms with Crippen molar-refractivity contribution in [1.29, 1.82) is 0 Å². The van der Waals surface area contributed by atoms with Crippen LogP contribution in [0.5, 0.6) is 0 Å². The normalized spacial score (nSPS) is 10.4. The van der Waals surface area contributed by atoms with Crippen LogP contribution >= 0.6 is 22.9 Å². The first-order valence-electron chi connectivity index (χ1n) is 5.89. The highest BCUT2D eigenvalue weighted by Crippen LogP contribution is 2.24. The number of halogens is 1. The Morgan fingerprint density at radius 1 is 1.26 bits per heavy atom. The molecule has 0 unspecified atom stereocenters. The summed E-state index contributed by atoms with van der Waals surface area (Å²) in [5, 5.41) is 11.4. The molecular formula is C14H14ClNO2S. The van der Waals surface area contributed by atoms with Gasteiger partial charge in [-0.25, -0.2) is 0 Å². The molecule has 0 spiro atoms. The quantitative estimate of drug-likeness (QED) is 0.921. The van der Waals surface area contributed by atoms with Gasteiger partial charge in [0.25, 0.3) is 5.91 Å². The molecular weight excluding hydrogens is 282 g/mol. The summed E-state index contributed by atoms with van der Waals surface area (Å²) in [6.07, 6.45) is 0. The summed E-state index contributed by atoms with van der Waals surface area (Å²) in [6, 6.07) is 11.4. The van der Waals surface area contributed by atoms with Gasteiger partial charge in [0.1, 0.15) is 4.88 Å². The second-order valence-corrected chi connectivity index (χ2v) is 5.36. The first kappa shape index (κ1) is 14.1. The lowest BCUT2D eigenvalue weighted by atomic mass is 10.2. The van der Waals surface area contributed by atoms with Crippen molar-refractivity contribution in [2.24, 2.45) is 0 Å². The molecule has 0 bridgehead atoms. The van der Waals surface area contributed by atoms with E-state index in [1.807, 2.05) is 30.3 Å². The first-order valence-corrected chi connectivity index (χ1v) is 7.15. The molecule has 2 aromatic rings. The third-order valence-corrected chi connectivity index (χ3v) is 4.01. The maximum atomic E-state index is 12.4. The molecule has 1 aromatic heterocycles. The fraction of sp³-hybridized carbons (Fsp3) is 0.214. The van der Waals surface area contributed by atoms with E-state index < -0.39 is 0 Å². The van der Waals surface area contributed by atoms with E-state index in [1.54, 1.807) is 16.3 Å². The number of rotatable bonds is 5. The van der Waals surface area contributed by atoms with Crippen molar-refractivity contribution in [3.63, 3.8) is 0 Å². The molecule has 1 aromatic carbocycles. The minimum Gasteiger partial charge on any atom is -0.395 e. The molecule has 0 saturated heterocycles. The SMILES string of the molecule is O=C(c1sccc1Cl)N(CCO)Cc1ccccc1. The number of amides is 1. The number of hydrogen-bond acceptors (Lipinski definition) is 3. The first-order chi connectivity index (χ1) is 9.22. The molecule has 0 atom stereocenters. The van der Waals surface area contributed by atoms with Crippen LogP contribution in [0.25, 0.3) is 0 Å². The van der Waals surface area contributed by atoms with Crippen molar-refractivity contribution >= 4 is 28.8 Å². The zero-order chi connectivity index (χ0) is 13.7.